The Labute approximate surface area is 120 Å². The number of ether oxygens (including phenoxy) is 1. The van der Waals surface area contributed by atoms with Gasteiger partial charge in [-0.1, -0.05) is 26.0 Å². The van der Waals surface area contributed by atoms with Gasteiger partial charge >= 0.3 is 5.97 Å². The van der Waals surface area contributed by atoms with Crippen LogP contribution in [-0.2, 0) is 4.79 Å². The van der Waals surface area contributed by atoms with Crippen molar-refractivity contribution in [3.8, 4) is 5.75 Å². The molecular formula is C16H23NO3. The minimum absolute atomic E-state index is 0.125. The van der Waals surface area contributed by atoms with Gasteiger partial charge in [0.15, 0.2) is 0 Å². The van der Waals surface area contributed by atoms with E-state index >= 15 is 0 Å². The number of hydrogen-bond acceptors (Lipinski definition) is 3. The molecular weight excluding hydrogens is 254 g/mol. The number of carboxylic acid groups (broad SMARTS) is 1. The van der Waals surface area contributed by atoms with E-state index < -0.39 is 11.5 Å². The van der Waals surface area contributed by atoms with Crippen LogP contribution >= 0.6 is 0 Å². The second kappa shape index (κ2) is 5.83. The minimum atomic E-state index is -1.03. The Kier molecular flexibility index (Phi) is 4.33. The largest absolute Gasteiger partial charge is 0.491 e. The summed E-state index contributed by atoms with van der Waals surface area (Å²) in [6.45, 7) is 6.07. The quantitative estimate of drug-likeness (QED) is 0.804. The summed E-state index contributed by atoms with van der Waals surface area (Å²) in [7, 11) is 0. The summed E-state index contributed by atoms with van der Waals surface area (Å²) in [6, 6.07) is 8.16. The molecule has 0 aromatic heterocycles. The summed E-state index contributed by atoms with van der Waals surface area (Å²) in [5.74, 6) is 0.313. The molecule has 1 atom stereocenters. The third kappa shape index (κ3) is 3.73. The van der Waals surface area contributed by atoms with Crippen LogP contribution in [0.5, 0.6) is 5.75 Å². The van der Waals surface area contributed by atoms with Crippen LogP contribution in [-0.4, -0.2) is 29.3 Å². The third-order valence-corrected chi connectivity index (χ3v) is 3.65. The molecule has 1 aliphatic rings. The molecule has 0 amide bonds. The van der Waals surface area contributed by atoms with E-state index in [0.29, 0.717) is 17.7 Å². The molecule has 20 heavy (non-hydrogen) atoms. The molecule has 4 heteroatoms. The van der Waals surface area contributed by atoms with Gasteiger partial charge < -0.3 is 9.84 Å². The molecule has 0 saturated heterocycles. The van der Waals surface area contributed by atoms with E-state index in [9.17, 15) is 9.90 Å². The van der Waals surface area contributed by atoms with Gasteiger partial charge in [-0.15, -0.1) is 0 Å². The van der Waals surface area contributed by atoms with Crippen molar-refractivity contribution in [3.05, 3.63) is 29.8 Å². The second-order valence-corrected chi connectivity index (χ2v) is 6.07. The van der Waals surface area contributed by atoms with Gasteiger partial charge in [-0.2, -0.15) is 0 Å². The fourth-order valence-corrected chi connectivity index (χ4v) is 2.02. The van der Waals surface area contributed by atoms with E-state index in [4.69, 9.17) is 4.74 Å². The molecule has 110 valence electrons. The van der Waals surface area contributed by atoms with Gasteiger partial charge in [0, 0.05) is 6.04 Å². The van der Waals surface area contributed by atoms with Crippen LogP contribution in [0.4, 0.5) is 0 Å². The van der Waals surface area contributed by atoms with Crippen molar-refractivity contribution >= 4 is 5.97 Å². The zero-order valence-corrected chi connectivity index (χ0v) is 12.3. The summed E-state index contributed by atoms with van der Waals surface area (Å²) in [4.78, 5) is 11.4. The molecule has 0 bridgehead atoms. The molecule has 1 unspecified atom stereocenters. The number of carboxylic acids is 1. The SMILES string of the molecule is CC(C)c1ccc(OCC(C)(NC2CC2)C(=O)O)cc1. The second-order valence-electron chi connectivity index (χ2n) is 6.07. The predicted molar refractivity (Wildman–Crippen MR) is 78.2 cm³/mol. The van der Waals surface area contributed by atoms with Gasteiger partial charge in [-0.05, 0) is 43.4 Å². The molecule has 2 N–H and O–H groups in total. The Balaban J connectivity index is 1.96. The smallest absolute Gasteiger partial charge is 0.327 e. The van der Waals surface area contributed by atoms with Crippen molar-refractivity contribution in [2.75, 3.05) is 6.61 Å². The van der Waals surface area contributed by atoms with Crippen LogP contribution in [0.25, 0.3) is 0 Å². The van der Waals surface area contributed by atoms with Gasteiger partial charge in [-0.3, -0.25) is 10.1 Å². The first-order valence-corrected chi connectivity index (χ1v) is 7.14. The van der Waals surface area contributed by atoms with Crippen LogP contribution in [0, 0.1) is 0 Å². The highest BCUT2D eigenvalue weighted by atomic mass is 16.5. The van der Waals surface area contributed by atoms with Crippen LogP contribution in [0.15, 0.2) is 24.3 Å². The number of rotatable bonds is 7. The molecule has 1 saturated carbocycles. The maximum atomic E-state index is 11.4. The van der Waals surface area contributed by atoms with Gasteiger partial charge in [0.2, 0.25) is 0 Å². The van der Waals surface area contributed by atoms with Crippen molar-refractivity contribution in [1.29, 1.82) is 0 Å². The Bertz CT molecular complexity index is 465. The summed E-state index contributed by atoms with van der Waals surface area (Å²) in [5.41, 5.74) is 0.215. The molecule has 1 fully saturated rings. The number of benzene rings is 1. The number of nitrogens with one attached hydrogen (secondary N) is 1. The number of carbonyl (C=O) groups is 1. The van der Waals surface area contributed by atoms with Crippen molar-refractivity contribution in [2.45, 2.75) is 51.1 Å². The number of hydrogen-bond donors (Lipinski definition) is 2. The lowest BCUT2D eigenvalue weighted by molar-refractivity contribution is -0.145. The minimum Gasteiger partial charge on any atom is -0.491 e. The first kappa shape index (κ1) is 14.9. The van der Waals surface area contributed by atoms with E-state index in [1.54, 1.807) is 6.92 Å². The predicted octanol–water partition coefficient (Wildman–Crippen LogP) is 2.78. The van der Waals surface area contributed by atoms with Crippen LogP contribution in [0.3, 0.4) is 0 Å². The molecule has 0 spiro atoms. The van der Waals surface area contributed by atoms with Gasteiger partial charge in [0.05, 0.1) is 0 Å². The molecule has 0 radical (unpaired) electrons. The fourth-order valence-electron chi connectivity index (χ4n) is 2.02. The van der Waals surface area contributed by atoms with E-state index in [1.165, 1.54) is 5.56 Å². The fraction of sp³-hybridized carbons (Fsp3) is 0.562. The summed E-state index contributed by atoms with van der Waals surface area (Å²) in [6.07, 6.45) is 2.10. The van der Waals surface area contributed by atoms with E-state index in [0.717, 1.165) is 12.8 Å². The first-order valence-electron chi connectivity index (χ1n) is 7.14. The molecule has 0 aliphatic heterocycles. The Morgan fingerprint density at radius 1 is 1.40 bits per heavy atom. The lowest BCUT2D eigenvalue weighted by atomic mass is 10.0. The van der Waals surface area contributed by atoms with Crippen LogP contribution in [0.2, 0.25) is 0 Å². The lowest BCUT2D eigenvalue weighted by Gasteiger charge is -2.26. The van der Waals surface area contributed by atoms with Crippen molar-refractivity contribution in [1.82, 2.24) is 5.32 Å². The highest BCUT2D eigenvalue weighted by Gasteiger charge is 2.39. The molecule has 2 rings (SSSR count). The molecule has 1 aliphatic carbocycles. The molecule has 4 nitrogen and oxygen atoms in total. The zero-order valence-electron chi connectivity index (χ0n) is 12.3. The average molecular weight is 277 g/mol. The van der Waals surface area contributed by atoms with Crippen molar-refractivity contribution < 1.29 is 14.6 Å². The first-order chi connectivity index (χ1) is 9.40. The van der Waals surface area contributed by atoms with Crippen LogP contribution in [0.1, 0.15) is 45.1 Å². The van der Waals surface area contributed by atoms with E-state index in [2.05, 4.69) is 19.2 Å². The maximum absolute atomic E-state index is 11.4. The van der Waals surface area contributed by atoms with Crippen LogP contribution < -0.4 is 10.1 Å². The lowest BCUT2D eigenvalue weighted by Crippen LogP contribution is -2.54. The Morgan fingerprint density at radius 3 is 2.45 bits per heavy atom. The van der Waals surface area contributed by atoms with Crippen molar-refractivity contribution in [3.63, 3.8) is 0 Å². The summed E-state index contributed by atoms with van der Waals surface area (Å²) < 4.78 is 5.65. The van der Waals surface area contributed by atoms with E-state index in [1.807, 2.05) is 24.3 Å². The van der Waals surface area contributed by atoms with Gasteiger partial charge in [-0.25, -0.2) is 0 Å². The monoisotopic (exact) mass is 277 g/mol. The third-order valence-electron chi connectivity index (χ3n) is 3.65. The number of aliphatic carboxylic acids is 1. The molecule has 0 heterocycles. The highest BCUT2D eigenvalue weighted by molar-refractivity contribution is 5.78. The zero-order chi connectivity index (χ0) is 14.8. The Hall–Kier alpha value is -1.55. The summed E-state index contributed by atoms with van der Waals surface area (Å²) in [5, 5.41) is 12.5. The topological polar surface area (TPSA) is 58.6 Å². The highest BCUT2D eigenvalue weighted by Crippen LogP contribution is 2.24. The molecule has 1 aromatic carbocycles. The van der Waals surface area contributed by atoms with Gasteiger partial charge in [0.1, 0.15) is 17.9 Å². The Morgan fingerprint density at radius 2 is 2.00 bits per heavy atom. The standard InChI is InChI=1S/C16H23NO3/c1-11(2)12-4-8-14(9-5-12)20-10-16(3,15(18)19)17-13-6-7-13/h4-5,8-9,11,13,17H,6-7,10H2,1-3H3,(H,18,19). The average Bonchev–Trinajstić information content (AvgIpc) is 3.20. The van der Waals surface area contributed by atoms with Crippen molar-refractivity contribution in [2.24, 2.45) is 0 Å². The molecule has 1 aromatic rings. The normalized spacial score (nSPS) is 17.8. The maximum Gasteiger partial charge on any atom is 0.327 e. The van der Waals surface area contributed by atoms with Gasteiger partial charge in [0.25, 0.3) is 0 Å². The van der Waals surface area contributed by atoms with E-state index in [-0.39, 0.29) is 6.61 Å². The summed E-state index contributed by atoms with van der Waals surface area (Å²) >= 11 is 0.